The average Bonchev–Trinajstić information content (AvgIpc) is 2.86. The molecule has 0 unspecified atom stereocenters. The van der Waals surface area contributed by atoms with Gasteiger partial charge in [0.15, 0.2) is 0 Å². The molecule has 2 heterocycles. The Balaban J connectivity index is 2.33. The fourth-order valence-corrected chi connectivity index (χ4v) is 4.99. The van der Waals surface area contributed by atoms with Gasteiger partial charge in [-0.1, -0.05) is 0 Å². The number of nitrogens with one attached hydrogen (secondary N) is 2. The van der Waals surface area contributed by atoms with Gasteiger partial charge in [0.25, 0.3) is 0 Å². The van der Waals surface area contributed by atoms with E-state index in [2.05, 4.69) is 16.1 Å². The quantitative estimate of drug-likeness (QED) is 0.864. The van der Waals surface area contributed by atoms with Crippen LogP contribution in [0.15, 0.2) is 11.0 Å². The summed E-state index contributed by atoms with van der Waals surface area (Å²) in [6.45, 7) is 4.65. The number of aryl methyl sites for hydroxylation is 2. The van der Waals surface area contributed by atoms with E-state index in [0.717, 1.165) is 9.75 Å². The topological polar surface area (TPSA) is 82.0 Å². The number of hydrogen-bond acceptors (Lipinski definition) is 5. The predicted molar refractivity (Wildman–Crippen MR) is 69.9 cm³/mol. The maximum atomic E-state index is 12.3. The smallest absolute Gasteiger partial charge is 0.243 e. The fourth-order valence-electron chi connectivity index (χ4n) is 2.08. The van der Waals surface area contributed by atoms with Gasteiger partial charge in [-0.3, -0.25) is 0 Å². The van der Waals surface area contributed by atoms with E-state index in [1.165, 1.54) is 11.3 Å². The molecule has 1 aliphatic heterocycles. The normalized spacial score (nSPS) is 24.1. The second-order valence-corrected chi connectivity index (χ2v) is 7.61. The lowest BCUT2D eigenvalue weighted by atomic mass is 10.0. The standard InChI is InChI=1S/C11H15N3O2S2/c1-8-5-10(9(2)17-8)18(15,16)14-11(6-12)3-4-13-7-11/h5,13-14H,3-4,7H2,1-2H3/t11-/m0/s1. The lowest BCUT2D eigenvalue weighted by molar-refractivity contribution is 0.506. The third-order valence-corrected chi connectivity index (χ3v) is 5.74. The van der Waals surface area contributed by atoms with E-state index in [1.54, 1.807) is 13.0 Å². The monoisotopic (exact) mass is 285 g/mol. The Kier molecular flexibility index (Phi) is 3.47. The Morgan fingerprint density at radius 2 is 2.28 bits per heavy atom. The van der Waals surface area contributed by atoms with Crippen molar-refractivity contribution in [2.45, 2.75) is 30.7 Å². The first-order chi connectivity index (χ1) is 8.38. The highest BCUT2D eigenvalue weighted by molar-refractivity contribution is 7.89. The summed E-state index contributed by atoms with van der Waals surface area (Å²) < 4.78 is 27.2. The highest BCUT2D eigenvalue weighted by Gasteiger charge is 2.38. The summed E-state index contributed by atoms with van der Waals surface area (Å²) in [5, 5.41) is 12.2. The molecule has 0 radical (unpaired) electrons. The van der Waals surface area contributed by atoms with Gasteiger partial charge in [0.05, 0.1) is 11.0 Å². The molecule has 0 spiro atoms. The van der Waals surface area contributed by atoms with Gasteiger partial charge in [-0.25, -0.2) is 8.42 Å². The summed E-state index contributed by atoms with van der Waals surface area (Å²) in [5.41, 5.74) is -1.01. The van der Waals surface area contributed by atoms with Gasteiger partial charge in [0.2, 0.25) is 10.0 Å². The molecule has 7 heteroatoms. The highest BCUT2D eigenvalue weighted by Crippen LogP contribution is 2.26. The van der Waals surface area contributed by atoms with Crippen LogP contribution in [0.1, 0.15) is 16.2 Å². The summed E-state index contributed by atoms with van der Waals surface area (Å²) in [5.74, 6) is 0. The van der Waals surface area contributed by atoms with Crippen LogP contribution < -0.4 is 10.0 Å². The molecule has 0 aliphatic carbocycles. The number of rotatable bonds is 3. The van der Waals surface area contributed by atoms with Crippen molar-refractivity contribution < 1.29 is 8.42 Å². The number of sulfonamides is 1. The molecule has 0 saturated carbocycles. The van der Waals surface area contributed by atoms with Crippen molar-refractivity contribution in [3.05, 3.63) is 15.8 Å². The van der Waals surface area contributed by atoms with Crippen LogP contribution in [0, 0.1) is 25.2 Å². The molecule has 0 bridgehead atoms. The first kappa shape index (κ1) is 13.5. The van der Waals surface area contributed by atoms with Gasteiger partial charge in [-0.05, 0) is 32.9 Å². The molecule has 98 valence electrons. The Labute approximate surface area is 111 Å². The molecule has 1 atom stereocenters. The summed E-state index contributed by atoms with van der Waals surface area (Å²) in [6.07, 6.45) is 0.491. The van der Waals surface area contributed by atoms with Gasteiger partial charge in [0, 0.05) is 16.3 Å². The second kappa shape index (κ2) is 4.63. The summed E-state index contributed by atoms with van der Waals surface area (Å²) in [6, 6.07) is 3.73. The molecule has 5 nitrogen and oxygen atoms in total. The zero-order valence-corrected chi connectivity index (χ0v) is 11.9. The number of nitriles is 1. The van der Waals surface area contributed by atoms with Crippen LogP contribution in [-0.2, 0) is 10.0 Å². The van der Waals surface area contributed by atoms with Crippen LogP contribution in [-0.4, -0.2) is 27.0 Å². The van der Waals surface area contributed by atoms with Gasteiger partial charge in [0.1, 0.15) is 5.54 Å². The molecule has 1 saturated heterocycles. The van der Waals surface area contributed by atoms with Crippen molar-refractivity contribution in [3.8, 4) is 6.07 Å². The maximum absolute atomic E-state index is 12.3. The fraction of sp³-hybridized carbons (Fsp3) is 0.545. The first-order valence-corrected chi connectivity index (χ1v) is 7.91. The van der Waals surface area contributed by atoms with Crippen LogP contribution in [0.3, 0.4) is 0 Å². The highest BCUT2D eigenvalue weighted by atomic mass is 32.2. The van der Waals surface area contributed by atoms with Gasteiger partial charge in [-0.2, -0.15) is 9.98 Å². The minimum atomic E-state index is -3.63. The predicted octanol–water partition coefficient (Wildman–Crippen LogP) is 0.899. The van der Waals surface area contributed by atoms with Crippen LogP contribution >= 0.6 is 11.3 Å². The Bertz CT molecular complexity index is 592. The summed E-state index contributed by atoms with van der Waals surface area (Å²) in [7, 11) is -3.63. The average molecular weight is 285 g/mol. The van der Waals surface area contributed by atoms with Crippen LogP contribution in [0.5, 0.6) is 0 Å². The molecule has 1 fully saturated rings. The van der Waals surface area contributed by atoms with Gasteiger partial charge >= 0.3 is 0 Å². The second-order valence-electron chi connectivity index (χ2n) is 4.50. The molecule has 18 heavy (non-hydrogen) atoms. The Morgan fingerprint density at radius 3 is 2.72 bits per heavy atom. The van der Waals surface area contributed by atoms with Crippen LogP contribution in [0.25, 0.3) is 0 Å². The van der Waals surface area contributed by atoms with Crippen molar-refractivity contribution in [2.75, 3.05) is 13.1 Å². The molecule has 1 aromatic rings. The molecular weight excluding hydrogens is 270 g/mol. The number of thiophene rings is 1. The summed E-state index contributed by atoms with van der Waals surface area (Å²) in [4.78, 5) is 1.98. The van der Waals surface area contributed by atoms with E-state index < -0.39 is 15.6 Å². The zero-order valence-electron chi connectivity index (χ0n) is 10.3. The molecule has 1 aliphatic rings. The molecule has 0 aromatic carbocycles. The van der Waals surface area contributed by atoms with Crippen molar-refractivity contribution in [1.82, 2.24) is 10.0 Å². The Hall–Kier alpha value is -0.940. The molecule has 1 aromatic heterocycles. The van der Waals surface area contributed by atoms with Crippen LogP contribution in [0.2, 0.25) is 0 Å². The van der Waals surface area contributed by atoms with E-state index >= 15 is 0 Å². The van der Waals surface area contributed by atoms with Crippen LogP contribution in [0.4, 0.5) is 0 Å². The number of hydrogen-bond donors (Lipinski definition) is 2. The third-order valence-electron chi connectivity index (χ3n) is 2.98. The lowest BCUT2D eigenvalue weighted by Gasteiger charge is -2.20. The first-order valence-electron chi connectivity index (χ1n) is 5.62. The SMILES string of the molecule is Cc1cc(S(=O)(=O)N[C@]2(C#N)CCNC2)c(C)s1. The summed E-state index contributed by atoms with van der Waals surface area (Å²) >= 11 is 1.44. The largest absolute Gasteiger partial charge is 0.314 e. The minimum absolute atomic E-state index is 0.284. The lowest BCUT2D eigenvalue weighted by Crippen LogP contribution is -2.48. The van der Waals surface area contributed by atoms with E-state index in [9.17, 15) is 13.7 Å². The molecule has 0 amide bonds. The number of nitrogens with zero attached hydrogens (tertiary/aromatic N) is 1. The van der Waals surface area contributed by atoms with E-state index in [4.69, 9.17) is 0 Å². The van der Waals surface area contributed by atoms with Crippen molar-refractivity contribution in [1.29, 1.82) is 5.26 Å². The maximum Gasteiger partial charge on any atom is 0.243 e. The van der Waals surface area contributed by atoms with E-state index in [-0.39, 0.29) is 4.90 Å². The van der Waals surface area contributed by atoms with E-state index in [1.807, 2.05) is 6.92 Å². The third kappa shape index (κ3) is 2.42. The van der Waals surface area contributed by atoms with Crippen molar-refractivity contribution >= 4 is 21.4 Å². The molecular formula is C11H15N3O2S2. The van der Waals surface area contributed by atoms with Crippen molar-refractivity contribution in [2.24, 2.45) is 0 Å². The van der Waals surface area contributed by atoms with Gasteiger partial charge < -0.3 is 5.32 Å². The Morgan fingerprint density at radius 1 is 1.56 bits per heavy atom. The molecule has 2 rings (SSSR count). The minimum Gasteiger partial charge on any atom is -0.314 e. The molecule has 2 N–H and O–H groups in total. The zero-order chi connectivity index (χ0) is 13.4. The van der Waals surface area contributed by atoms with E-state index in [0.29, 0.717) is 19.5 Å². The van der Waals surface area contributed by atoms with Gasteiger partial charge in [-0.15, -0.1) is 11.3 Å². The van der Waals surface area contributed by atoms with Crippen molar-refractivity contribution in [3.63, 3.8) is 0 Å².